The maximum atomic E-state index is 12.7. The molecule has 0 unspecified atom stereocenters. The van der Waals surface area contributed by atoms with Crippen LogP contribution in [0.15, 0.2) is 48.8 Å². The summed E-state index contributed by atoms with van der Waals surface area (Å²) in [6.45, 7) is 4.26. The topological polar surface area (TPSA) is 79.7 Å². The number of hydrogen-bond acceptors (Lipinski definition) is 4. The Morgan fingerprint density at radius 2 is 2.04 bits per heavy atom. The summed E-state index contributed by atoms with van der Waals surface area (Å²) in [5, 5.41) is 8.86. The fourth-order valence-corrected chi connectivity index (χ4v) is 2.35. The van der Waals surface area contributed by atoms with Crippen LogP contribution in [0, 0.1) is 0 Å². The third kappa shape index (κ3) is 5.60. The fourth-order valence-electron chi connectivity index (χ4n) is 2.35. The third-order valence-corrected chi connectivity index (χ3v) is 3.66. The van der Waals surface area contributed by atoms with E-state index in [-0.39, 0.29) is 24.9 Å². The number of nitrogens with zero attached hydrogens (tertiary/aromatic N) is 2. The van der Waals surface area contributed by atoms with Crippen molar-refractivity contribution in [3.05, 3.63) is 59.9 Å². The molecule has 132 valence electrons. The van der Waals surface area contributed by atoms with Crippen molar-refractivity contribution in [3.63, 3.8) is 0 Å². The molecule has 0 radical (unpaired) electrons. The first-order chi connectivity index (χ1) is 12.0. The first-order valence-corrected chi connectivity index (χ1v) is 8.12. The Balaban J connectivity index is 2.07. The Bertz CT molecular complexity index is 716. The summed E-state index contributed by atoms with van der Waals surface area (Å²) in [6.07, 6.45) is 3.34. The van der Waals surface area contributed by atoms with Gasteiger partial charge in [0, 0.05) is 36.1 Å². The van der Waals surface area contributed by atoms with E-state index in [0.29, 0.717) is 17.9 Å². The number of carboxylic acids is 1. The molecular formula is C19H22N2O4. The second-order valence-corrected chi connectivity index (χ2v) is 5.91. The van der Waals surface area contributed by atoms with Crippen molar-refractivity contribution >= 4 is 11.9 Å². The van der Waals surface area contributed by atoms with E-state index in [1.165, 1.54) is 0 Å². The van der Waals surface area contributed by atoms with Crippen molar-refractivity contribution in [2.75, 3.05) is 6.54 Å². The molecule has 6 heteroatoms. The van der Waals surface area contributed by atoms with Gasteiger partial charge >= 0.3 is 5.97 Å². The number of rotatable bonds is 8. The highest BCUT2D eigenvalue weighted by Gasteiger charge is 2.20. The minimum absolute atomic E-state index is 0.0822. The zero-order valence-electron chi connectivity index (χ0n) is 14.4. The molecule has 0 aliphatic carbocycles. The van der Waals surface area contributed by atoms with Gasteiger partial charge in [-0.2, -0.15) is 0 Å². The lowest BCUT2D eigenvalue weighted by Crippen LogP contribution is -2.38. The minimum atomic E-state index is -0.924. The molecule has 0 aliphatic heterocycles. The van der Waals surface area contributed by atoms with Crippen LogP contribution >= 0.6 is 0 Å². The van der Waals surface area contributed by atoms with E-state index in [9.17, 15) is 9.59 Å². The van der Waals surface area contributed by atoms with E-state index < -0.39 is 5.97 Å². The van der Waals surface area contributed by atoms with Crippen LogP contribution in [0.1, 0.15) is 36.2 Å². The van der Waals surface area contributed by atoms with Gasteiger partial charge in [-0.05, 0) is 38.1 Å². The Kier molecular flexibility index (Phi) is 6.51. The molecule has 0 saturated heterocycles. The summed E-state index contributed by atoms with van der Waals surface area (Å²) in [5.74, 6) is -0.549. The van der Waals surface area contributed by atoms with Crippen LogP contribution in [-0.2, 0) is 11.4 Å². The van der Waals surface area contributed by atoms with Crippen LogP contribution in [0.5, 0.6) is 5.75 Å². The average Bonchev–Trinajstić information content (AvgIpc) is 2.60. The van der Waals surface area contributed by atoms with Crippen LogP contribution in [0.2, 0.25) is 0 Å². The predicted octanol–water partition coefficient (Wildman–Crippen LogP) is 2.99. The van der Waals surface area contributed by atoms with E-state index >= 15 is 0 Å². The molecule has 2 aromatic rings. The van der Waals surface area contributed by atoms with Crippen molar-refractivity contribution in [3.8, 4) is 5.75 Å². The highest BCUT2D eigenvalue weighted by Crippen LogP contribution is 2.17. The molecule has 2 rings (SSSR count). The van der Waals surface area contributed by atoms with Crippen LogP contribution in [0.3, 0.4) is 0 Å². The van der Waals surface area contributed by atoms with Gasteiger partial charge in [-0.15, -0.1) is 0 Å². The number of carbonyl (C=O) groups is 2. The van der Waals surface area contributed by atoms with Gasteiger partial charge < -0.3 is 14.7 Å². The lowest BCUT2D eigenvalue weighted by Gasteiger charge is -2.26. The highest BCUT2D eigenvalue weighted by atomic mass is 16.5. The number of aliphatic carboxylic acids is 1. The molecule has 0 fully saturated rings. The summed E-state index contributed by atoms with van der Waals surface area (Å²) in [6, 6.07) is 10.6. The summed E-state index contributed by atoms with van der Waals surface area (Å²) in [7, 11) is 0. The van der Waals surface area contributed by atoms with Crippen molar-refractivity contribution < 1.29 is 19.4 Å². The predicted molar refractivity (Wildman–Crippen MR) is 93.4 cm³/mol. The van der Waals surface area contributed by atoms with Crippen LogP contribution in [0.25, 0.3) is 0 Å². The zero-order valence-corrected chi connectivity index (χ0v) is 14.4. The number of hydrogen-bond donors (Lipinski definition) is 1. The summed E-state index contributed by atoms with van der Waals surface area (Å²) < 4.78 is 5.72. The first kappa shape index (κ1) is 18.4. The van der Waals surface area contributed by atoms with E-state index in [1.807, 2.05) is 26.0 Å². The molecule has 0 bridgehead atoms. The number of amides is 1. The fraction of sp³-hybridized carbons (Fsp3) is 0.316. The molecule has 1 heterocycles. The number of carbonyl (C=O) groups excluding carboxylic acids is 1. The smallest absolute Gasteiger partial charge is 0.305 e. The minimum Gasteiger partial charge on any atom is -0.489 e. The quantitative estimate of drug-likeness (QED) is 0.798. The number of pyridine rings is 1. The SMILES string of the molecule is CC(C)N(CCC(=O)O)C(=O)c1cccc(OCc2cccnc2)c1. The molecule has 0 aliphatic rings. The molecule has 6 nitrogen and oxygen atoms in total. The molecule has 1 aromatic carbocycles. The van der Waals surface area contributed by atoms with E-state index in [2.05, 4.69) is 4.98 Å². The summed E-state index contributed by atoms with van der Waals surface area (Å²) >= 11 is 0. The molecule has 1 aromatic heterocycles. The number of ether oxygens (including phenoxy) is 1. The molecule has 1 N–H and O–H groups in total. The van der Waals surface area contributed by atoms with Crippen molar-refractivity contribution in [1.82, 2.24) is 9.88 Å². The van der Waals surface area contributed by atoms with Gasteiger partial charge in [0.25, 0.3) is 5.91 Å². The lowest BCUT2D eigenvalue weighted by molar-refractivity contribution is -0.137. The largest absolute Gasteiger partial charge is 0.489 e. The maximum Gasteiger partial charge on any atom is 0.305 e. The molecule has 0 atom stereocenters. The molecule has 0 saturated carbocycles. The van der Waals surface area contributed by atoms with Gasteiger partial charge in [0.15, 0.2) is 0 Å². The Morgan fingerprint density at radius 1 is 1.24 bits per heavy atom. The zero-order chi connectivity index (χ0) is 18.2. The number of benzene rings is 1. The van der Waals surface area contributed by atoms with Crippen molar-refractivity contribution in [2.24, 2.45) is 0 Å². The number of aromatic nitrogens is 1. The highest BCUT2D eigenvalue weighted by molar-refractivity contribution is 5.95. The average molecular weight is 342 g/mol. The Hall–Kier alpha value is -2.89. The summed E-state index contributed by atoms with van der Waals surface area (Å²) in [5.41, 5.74) is 1.41. The van der Waals surface area contributed by atoms with Crippen LogP contribution < -0.4 is 4.74 Å². The Labute approximate surface area is 147 Å². The second-order valence-electron chi connectivity index (χ2n) is 5.91. The van der Waals surface area contributed by atoms with Crippen LogP contribution in [-0.4, -0.2) is 39.5 Å². The number of carboxylic acid groups (broad SMARTS) is 1. The second kappa shape index (κ2) is 8.82. The van der Waals surface area contributed by atoms with Crippen molar-refractivity contribution in [1.29, 1.82) is 0 Å². The van der Waals surface area contributed by atoms with Gasteiger partial charge in [0.05, 0.1) is 6.42 Å². The summed E-state index contributed by atoms with van der Waals surface area (Å²) in [4.78, 5) is 29.1. The van der Waals surface area contributed by atoms with Gasteiger partial charge in [0.2, 0.25) is 0 Å². The van der Waals surface area contributed by atoms with Gasteiger partial charge in [-0.25, -0.2) is 0 Å². The van der Waals surface area contributed by atoms with Crippen LogP contribution in [0.4, 0.5) is 0 Å². The van der Waals surface area contributed by atoms with Gasteiger partial charge in [-0.3, -0.25) is 14.6 Å². The lowest BCUT2D eigenvalue weighted by atomic mass is 10.1. The first-order valence-electron chi connectivity index (χ1n) is 8.12. The Morgan fingerprint density at radius 3 is 2.68 bits per heavy atom. The molecular weight excluding hydrogens is 320 g/mol. The van der Waals surface area contributed by atoms with E-state index in [1.54, 1.807) is 41.6 Å². The van der Waals surface area contributed by atoms with E-state index in [4.69, 9.17) is 9.84 Å². The monoisotopic (exact) mass is 342 g/mol. The third-order valence-electron chi connectivity index (χ3n) is 3.66. The standard InChI is InChI=1S/C19H22N2O4/c1-14(2)21(10-8-18(22)23)19(24)16-6-3-7-17(11-16)25-13-15-5-4-9-20-12-15/h3-7,9,11-12,14H,8,10,13H2,1-2H3,(H,22,23). The molecule has 1 amide bonds. The van der Waals surface area contributed by atoms with Gasteiger partial charge in [-0.1, -0.05) is 12.1 Å². The van der Waals surface area contributed by atoms with E-state index in [0.717, 1.165) is 5.56 Å². The normalized spacial score (nSPS) is 10.5. The maximum absolute atomic E-state index is 12.7. The molecule has 25 heavy (non-hydrogen) atoms. The van der Waals surface area contributed by atoms with Gasteiger partial charge in [0.1, 0.15) is 12.4 Å². The van der Waals surface area contributed by atoms with Crippen molar-refractivity contribution in [2.45, 2.75) is 32.9 Å². The molecule has 0 spiro atoms.